The zero-order valence-electron chi connectivity index (χ0n) is 26.7. The minimum Gasteiger partial charge on any atom is -0.0984 e. The number of rotatable bonds is 10. The van der Waals surface area contributed by atoms with E-state index in [9.17, 15) is 0 Å². The fourth-order valence-electron chi connectivity index (χ4n) is 5.98. The van der Waals surface area contributed by atoms with Crippen LogP contribution in [0.5, 0.6) is 0 Å². The topological polar surface area (TPSA) is 0 Å². The number of hydrogen-bond donors (Lipinski definition) is 0. The highest BCUT2D eigenvalue weighted by molar-refractivity contribution is 9.10. The fraction of sp³-hybridized carbons (Fsp3) is 0.0435. The minimum atomic E-state index is 0.760. The van der Waals surface area contributed by atoms with Gasteiger partial charge in [-0.25, -0.2) is 0 Å². The van der Waals surface area contributed by atoms with E-state index in [0.29, 0.717) is 0 Å². The van der Waals surface area contributed by atoms with Crippen LogP contribution >= 0.6 is 15.9 Å². The van der Waals surface area contributed by atoms with Gasteiger partial charge in [0.1, 0.15) is 0 Å². The summed E-state index contributed by atoms with van der Waals surface area (Å²) < 4.78 is 1.04. The summed E-state index contributed by atoms with van der Waals surface area (Å²) >= 11 is 3.81. The van der Waals surface area contributed by atoms with Gasteiger partial charge in [0, 0.05) is 4.47 Å². The lowest BCUT2D eigenvalue weighted by molar-refractivity contribution is 1.26. The summed E-state index contributed by atoms with van der Waals surface area (Å²) in [5.74, 6) is 0. The maximum absolute atomic E-state index is 4.20. The van der Waals surface area contributed by atoms with Crippen molar-refractivity contribution in [1.29, 1.82) is 0 Å². The Morgan fingerprint density at radius 1 is 0.511 bits per heavy atom. The van der Waals surface area contributed by atoms with Crippen molar-refractivity contribution in [2.45, 2.75) is 13.3 Å². The first-order valence-electron chi connectivity index (χ1n) is 15.9. The molecule has 0 spiro atoms. The van der Waals surface area contributed by atoms with E-state index in [-0.39, 0.29) is 0 Å². The largest absolute Gasteiger partial charge is 0.0984 e. The molecule has 0 aliphatic rings. The van der Waals surface area contributed by atoms with E-state index in [0.717, 1.165) is 44.3 Å². The summed E-state index contributed by atoms with van der Waals surface area (Å²) in [7, 11) is 0. The third kappa shape index (κ3) is 7.60. The molecule has 47 heavy (non-hydrogen) atoms. The highest BCUT2D eigenvalue weighted by atomic mass is 79.9. The van der Waals surface area contributed by atoms with Gasteiger partial charge in [0.15, 0.2) is 0 Å². The number of fused-ring (bicyclic) bond motifs is 2. The van der Waals surface area contributed by atoms with Gasteiger partial charge in [-0.15, -0.1) is 0 Å². The van der Waals surface area contributed by atoms with Crippen molar-refractivity contribution in [3.63, 3.8) is 0 Å². The Balaban J connectivity index is 1.37. The third-order valence-corrected chi connectivity index (χ3v) is 8.95. The van der Waals surface area contributed by atoms with Crippen LogP contribution in [0.25, 0.3) is 43.8 Å². The van der Waals surface area contributed by atoms with Crippen LogP contribution in [0.4, 0.5) is 0 Å². The summed E-state index contributed by atoms with van der Waals surface area (Å²) in [5, 5.41) is 4.93. The molecule has 0 aliphatic heterocycles. The molecule has 6 rings (SSSR count). The smallest absolute Gasteiger partial charge is 0.0184 e. The number of benzene rings is 6. The predicted octanol–water partition coefficient (Wildman–Crippen LogP) is 13.3. The third-order valence-electron chi connectivity index (χ3n) is 8.49. The average molecular weight is 670 g/mol. The molecule has 0 atom stereocenters. The molecular formula is C46H37Br. The van der Waals surface area contributed by atoms with E-state index in [4.69, 9.17) is 0 Å². The minimum absolute atomic E-state index is 0.760. The Hall–Kier alpha value is -5.24. The van der Waals surface area contributed by atoms with E-state index in [2.05, 4.69) is 188 Å². The molecule has 0 N–H and O–H groups in total. The van der Waals surface area contributed by atoms with Crippen molar-refractivity contribution in [3.8, 4) is 0 Å². The first kappa shape index (κ1) is 31.7. The van der Waals surface area contributed by atoms with Gasteiger partial charge < -0.3 is 0 Å². The zero-order valence-corrected chi connectivity index (χ0v) is 28.3. The molecule has 6 aromatic carbocycles. The molecule has 0 nitrogen and oxygen atoms in total. The second-order valence-corrected chi connectivity index (χ2v) is 12.5. The molecular weight excluding hydrogens is 632 g/mol. The Morgan fingerprint density at radius 3 is 1.64 bits per heavy atom. The number of hydrogen-bond acceptors (Lipinski definition) is 0. The van der Waals surface area contributed by atoms with Crippen LogP contribution < -0.4 is 0 Å². The van der Waals surface area contributed by atoms with Gasteiger partial charge in [0.25, 0.3) is 0 Å². The maximum atomic E-state index is 4.20. The van der Waals surface area contributed by atoms with Crippen LogP contribution in [-0.2, 0) is 6.42 Å². The second-order valence-electron chi connectivity index (χ2n) is 11.6. The number of allylic oxidation sites excluding steroid dienone is 10. The van der Waals surface area contributed by atoms with Crippen molar-refractivity contribution in [2.24, 2.45) is 0 Å². The van der Waals surface area contributed by atoms with Gasteiger partial charge in [-0.2, -0.15) is 0 Å². The molecule has 0 amide bonds. The highest BCUT2D eigenvalue weighted by Gasteiger charge is 2.08. The zero-order chi connectivity index (χ0) is 32.6. The van der Waals surface area contributed by atoms with Crippen LogP contribution in [0.2, 0.25) is 0 Å². The predicted molar refractivity (Wildman–Crippen MR) is 210 cm³/mol. The maximum Gasteiger partial charge on any atom is 0.0184 e. The second kappa shape index (κ2) is 14.9. The van der Waals surface area contributed by atoms with Crippen molar-refractivity contribution >= 4 is 59.8 Å². The van der Waals surface area contributed by atoms with E-state index in [1.54, 1.807) is 0 Å². The normalized spacial score (nSPS) is 12.8. The van der Waals surface area contributed by atoms with Crippen molar-refractivity contribution in [3.05, 3.63) is 215 Å². The quantitative estimate of drug-likeness (QED) is 0.127. The average Bonchev–Trinajstić information content (AvgIpc) is 3.12. The summed E-state index contributed by atoms with van der Waals surface area (Å²) in [5.41, 5.74) is 10.3. The van der Waals surface area contributed by atoms with E-state index in [1.807, 2.05) is 18.2 Å². The lowest BCUT2D eigenvalue weighted by Crippen LogP contribution is -1.91. The van der Waals surface area contributed by atoms with E-state index in [1.165, 1.54) is 38.2 Å². The fourth-order valence-corrected chi connectivity index (χ4v) is 6.52. The Bertz CT molecular complexity index is 2210. The molecule has 0 bridgehead atoms. The van der Waals surface area contributed by atoms with Crippen LogP contribution in [0.15, 0.2) is 188 Å². The first-order valence-corrected chi connectivity index (χ1v) is 16.7. The summed E-state index contributed by atoms with van der Waals surface area (Å²) in [6.07, 6.45) is 13.6. The molecule has 0 fully saturated rings. The molecule has 0 aromatic heterocycles. The van der Waals surface area contributed by atoms with Crippen LogP contribution in [0.1, 0.15) is 34.7 Å². The van der Waals surface area contributed by atoms with E-state index >= 15 is 0 Å². The first-order chi connectivity index (χ1) is 23.0. The van der Waals surface area contributed by atoms with Crippen molar-refractivity contribution in [1.82, 2.24) is 0 Å². The van der Waals surface area contributed by atoms with Crippen molar-refractivity contribution in [2.75, 3.05) is 0 Å². The molecule has 0 aliphatic carbocycles. The monoisotopic (exact) mass is 668 g/mol. The number of halogens is 1. The highest BCUT2D eigenvalue weighted by Crippen LogP contribution is 2.30. The standard InChI is InChI=1S/C46H37Br/c1-4-34(37-14-8-7-9-15-37)29-43(44-25-23-39-17-11-13-19-41(39)31-44)21-20-33-26-45(32-46(47)27-33)36(6-3)28-35(5-2)42-24-22-38-16-10-12-18-40(38)30-42/h4-19,21-32H,1,3,20H2,2H3/b34-29+,35-5+,36-28+,43-21+. The molecule has 0 radical (unpaired) electrons. The van der Waals surface area contributed by atoms with Gasteiger partial charge in [0.05, 0.1) is 0 Å². The molecule has 0 heterocycles. The van der Waals surface area contributed by atoms with Gasteiger partial charge >= 0.3 is 0 Å². The lowest BCUT2D eigenvalue weighted by Gasteiger charge is -2.11. The Labute approximate surface area is 287 Å². The molecule has 0 saturated carbocycles. The van der Waals surface area contributed by atoms with Gasteiger partial charge in [-0.05, 0) is 121 Å². The molecule has 228 valence electrons. The van der Waals surface area contributed by atoms with Gasteiger partial charge in [0.2, 0.25) is 0 Å². The van der Waals surface area contributed by atoms with Crippen LogP contribution in [0.3, 0.4) is 0 Å². The molecule has 0 saturated heterocycles. The van der Waals surface area contributed by atoms with Gasteiger partial charge in [-0.1, -0.05) is 163 Å². The Kier molecular flexibility index (Phi) is 10.1. The summed E-state index contributed by atoms with van der Waals surface area (Å²) in [4.78, 5) is 0. The van der Waals surface area contributed by atoms with Crippen molar-refractivity contribution < 1.29 is 0 Å². The summed E-state index contributed by atoms with van der Waals surface area (Å²) in [6, 6.07) is 47.4. The van der Waals surface area contributed by atoms with Crippen LogP contribution in [-0.4, -0.2) is 0 Å². The SMILES string of the molecule is C=C/C(=C\C(=C/Cc1cc(Br)cc(/C(C=C)=C/C(=C\C)c2ccc3ccccc3c2)c1)c1ccc2ccccc2c1)c1ccccc1. The van der Waals surface area contributed by atoms with E-state index < -0.39 is 0 Å². The van der Waals surface area contributed by atoms with Crippen LogP contribution in [0, 0.1) is 0 Å². The van der Waals surface area contributed by atoms with Gasteiger partial charge in [-0.3, -0.25) is 0 Å². The summed E-state index contributed by atoms with van der Waals surface area (Å²) in [6.45, 7) is 10.4. The Morgan fingerprint density at radius 2 is 1.04 bits per heavy atom. The molecule has 0 unspecified atom stereocenters. The molecule has 1 heteroatoms. The molecule has 6 aromatic rings. The lowest BCUT2D eigenvalue weighted by atomic mass is 9.94.